The molecule has 2 heterocycles. The number of carbonyl (C=O) groups excluding carboxylic acids is 1. The van der Waals surface area contributed by atoms with E-state index in [2.05, 4.69) is 20.0 Å². The molecule has 1 N–H and O–H groups in total. The Morgan fingerprint density at radius 2 is 1.89 bits per heavy atom. The van der Waals surface area contributed by atoms with Crippen LogP contribution in [-0.4, -0.2) is 32.3 Å². The van der Waals surface area contributed by atoms with Crippen molar-refractivity contribution in [2.45, 2.75) is 32.2 Å². The quantitative estimate of drug-likeness (QED) is 0.756. The maximum Gasteiger partial charge on any atom is 0.222 e. The fraction of sp³-hybridized carbons (Fsp3) is 0.381. The maximum absolute atomic E-state index is 11.8. The SMILES string of the molecule is CNC(=O)C1CCC(Cn2ccnc2-c2ccnn2-c2ccccc2)CC1. The van der Waals surface area contributed by atoms with E-state index in [0.29, 0.717) is 5.92 Å². The van der Waals surface area contributed by atoms with Crippen molar-refractivity contribution in [1.29, 1.82) is 0 Å². The number of amides is 1. The summed E-state index contributed by atoms with van der Waals surface area (Å²) in [4.78, 5) is 16.4. The summed E-state index contributed by atoms with van der Waals surface area (Å²) in [6.07, 6.45) is 9.81. The van der Waals surface area contributed by atoms with E-state index in [0.717, 1.165) is 49.4 Å². The molecule has 4 rings (SSSR count). The molecule has 6 heteroatoms. The first-order valence-electron chi connectivity index (χ1n) is 9.59. The topological polar surface area (TPSA) is 64.7 Å². The van der Waals surface area contributed by atoms with Crippen molar-refractivity contribution >= 4 is 5.91 Å². The highest BCUT2D eigenvalue weighted by molar-refractivity contribution is 5.78. The number of carbonyl (C=O) groups is 1. The van der Waals surface area contributed by atoms with Crippen molar-refractivity contribution in [3.05, 3.63) is 55.0 Å². The zero-order chi connectivity index (χ0) is 18.6. The van der Waals surface area contributed by atoms with Gasteiger partial charge in [0.05, 0.1) is 11.9 Å². The van der Waals surface area contributed by atoms with Crippen LogP contribution in [-0.2, 0) is 11.3 Å². The van der Waals surface area contributed by atoms with Gasteiger partial charge in [-0.15, -0.1) is 0 Å². The molecule has 1 fully saturated rings. The van der Waals surface area contributed by atoms with Crippen LogP contribution >= 0.6 is 0 Å². The third kappa shape index (κ3) is 3.65. The van der Waals surface area contributed by atoms with E-state index in [4.69, 9.17) is 0 Å². The third-order valence-electron chi connectivity index (χ3n) is 5.51. The van der Waals surface area contributed by atoms with Crippen LogP contribution in [0.15, 0.2) is 55.0 Å². The summed E-state index contributed by atoms with van der Waals surface area (Å²) in [6.45, 7) is 0.926. The Balaban J connectivity index is 1.51. The van der Waals surface area contributed by atoms with Gasteiger partial charge in [0.15, 0.2) is 5.82 Å². The molecule has 1 aliphatic rings. The zero-order valence-electron chi connectivity index (χ0n) is 15.6. The van der Waals surface area contributed by atoms with E-state index in [1.165, 1.54) is 0 Å². The van der Waals surface area contributed by atoms with Crippen LogP contribution in [0.2, 0.25) is 0 Å². The lowest BCUT2D eigenvalue weighted by Gasteiger charge is -2.28. The lowest BCUT2D eigenvalue weighted by Crippen LogP contribution is -2.31. The fourth-order valence-electron chi connectivity index (χ4n) is 4.03. The highest BCUT2D eigenvalue weighted by Gasteiger charge is 2.26. The van der Waals surface area contributed by atoms with Crippen molar-refractivity contribution in [2.24, 2.45) is 11.8 Å². The molecule has 1 saturated carbocycles. The van der Waals surface area contributed by atoms with Gasteiger partial charge in [0.25, 0.3) is 0 Å². The molecule has 1 aromatic carbocycles. The summed E-state index contributed by atoms with van der Waals surface area (Å²) in [6, 6.07) is 12.1. The Hall–Kier alpha value is -2.89. The molecule has 2 aromatic heterocycles. The maximum atomic E-state index is 11.8. The molecule has 1 aliphatic carbocycles. The van der Waals surface area contributed by atoms with Crippen molar-refractivity contribution in [2.75, 3.05) is 7.05 Å². The Kier molecular flexibility index (Phi) is 5.05. The molecule has 0 unspecified atom stereocenters. The minimum absolute atomic E-state index is 0.174. The number of hydrogen-bond acceptors (Lipinski definition) is 3. The minimum Gasteiger partial charge on any atom is -0.359 e. The first-order chi connectivity index (χ1) is 13.3. The molecule has 140 valence electrons. The van der Waals surface area contributed by atoms with Gasteiger partial charge < -0.3 is 9.88 Å². The summed E-state index contributed by atoms with van der Waals surface area (Å²) < 4.78 is 4.16. The van der Waals surface area contributed by atoms with Gasteiger partial charge in [-0.05, 0) is 49.8 Å². The van der Waals surface area contributed by atoms with Crippen LogP contribution in [0.1, 0.15) is 25.7 Å². The van der Waals surface area contributed by atoms with E-state index in [-0.39, 0.29) is 11.8 Å². The fourth-order valence-corrected chi connectivity index (χ4v) is 4.03. The van der Waals surface area contributed by atoms with Crippen LogP contribution in [0.4, 0.5) is 0 Å². The minimum atomic E-state index is 0.174. The summed E-state index contributed by atoms with van der Waals surface area (Å²) >= 11 is 0. The van der Waals surface area contributed by atoms with Crippen LogP contribution < -0.4 is 5.32 Å². The molecule has 3 aromatic rings. The van der Waals surface area contributed by atoms with Gasteiger partial charge in [-0.3, -0.25) is 4.79 Å². The van der Waals surface area contributed by atoms with E-state index in [1.54, 1.807) is 7.05 Å². The number of hydrogen-bond donors (Lipinski definition) is 1. The molecule has 0 spiro atoms. The molecule has 0 saturated heterocycles. The number of para-hydroxylation sites is 1. The lowest BCUT2D eigenvalue weighted by molar-refractivity contribution is -0.125. The third-order valence-corrected chi connectivity index (χ3v) is 5.51. The normalized spacial score (nSPS) is 19.7. The highest BCUT2D eigenvalue weighted by Crippen LogP contribution is 2.31. The van der Waals surface area contributed by atoms with Gasteiger partial charge in [0, 0.05) is 31.9 Å². The Labute approximate surface area is 159 Å². The van der Waals surface area contributed by atoms with Crippen molar-refractivity contribution in [3.63, 3.8) is 0 Å². The second-order valence-electron chi connectivity index (χ2n) is 7.20. The second-order valence-corrected chi connectivity index (χ2v) is 7.20. The largest absolute Gasteiger partial charge is 0.359 e. The van der Waals surface area contributed by atoms with E-state index < -0.39 is 0 Å². The molecule has 0 atom stereocenters. The van der Waals surface area contributed by atoms with Gasteiger partial charge in [-0.25, -0.2) is 9.67 Å². The molecule has 0 radical (unpaired) electrons. The molecular formula is C21H25N5O. The van der Waals surface area contributed by atoms with Crippen LogP contribution in [0, 0.1) is 11.8 Å². The standard InChI is InChI=1S/C21H25N5O/c1-22-21(27)17-9-7-16(8-10-17)15-25-14-13-23-20(25)19-11-12-24-26(19)18-5-3-2-4-6-18/h2-6,11-14,16-17H,7-10,15H2,1H3,(H,22,27). The summed E-state index contributed by atoms with van der Waals surface area (Å²) in [5, 5.41) is 7.27. The van der Waals surface area contributed by atoms with Crippen LogP contribution in [0.25, 0.3) is 17.2 Å². The van der Waals surface area contributed by atoms with E-state index in [1.807, 2.05) is 59.7 Å². The Morgan fingerprint density at radius 3 is 2.63 bits per heavy atom. The zero-order valence-corrected chi connectivity index (χ0v) is 15.6. The van der Waals surface area contributed by atoms with Gasteiger partial charge in [0.2, 0.25) is 5.91 Å². The predicted octanol–water partition coefficient (Wildman–Crippen LogP) is 3.29. The monoisotopic (exact) mass is 363 g/mol. The number of nitrogens with one attached hydrogen (secondary N) is 1. The first kappa shape index (κ1) is 17.5. The average molecular weight is 363 g/mol. The summed E-state index contributed by atoms with van der Waals surface area (Å²) in [5.74, 6) is 1.87. The van der Waals surface area contributed by atoms with Crippen LogP contribution in [0.3, 0.4) is 0 Å². The van der Waals surface area contributed by atoms with Gasteiger partial charge in [-0.1, -0.05) is 18.2 Å². The Morgan fingerprint density at radius 1 is 1.11 bits per heavy atom. The predicted molar refractivity (Wildman–Crippen MR) is 104 cm³/mol. The first-order valence-corrected chi connectivity index (χ1v) is 9.59. The number of imidazole rings is 1. The number of rotatable bonds is 5. The van der Waals surface area contributed by atoms with Gasteiger partial charge >= 0.3 is 0 Å². The lowest BCUT2D eigenvalue weighted by atomic mass is 9.81. The molecule has 6 nitrogen and oxygen atoms in total. The summed E-state index contributed by atoms with van der Waals surface area (Å²) in [5.41, 5.74) is 2.02. The van der Waals surface area contributed by atoms with Crippen LogP contribution in [0.5, 0.6) is 0 Å². The number of aromatic nitrogens is 4. The van der Waals surface area contributed by atoms with Gasteiger partial charge in [0.1, 0.15) is 5.69 Å². The highest BCUT2D eigenvalue weighted by atomic mass is 16.1. The summed E-state index contributed by atoms with van der Waals surface area (Å²) in [7, 11) is 1.72. The second kappa shape index (κ2) is 7.78. The molecule has 0 aliphatic heterocycles. The Bertz CT molecular complexity index is 890. The van der Waals surface area contributed by atoms with E-state index >= 15 is 0 Å². The molecule has 1 amide bonds. The molecule has 0 bridgehead atoms. The molecule has 27 heavy (non-hydrogen) atoms. The smallest absolute Gasteiger partial charge is 0.222 e. The van der Waals surface area contributed by atoms with E-state index in [9.17, 15) is 4.79 Å². The molecular weight excluding hydrogens is 338 g/mol. The van der Waals surface area contributed by atoms with Crippen molar-refractivity contribution < 1.29 is 4.79 Å². The van der Waals surface area contributed by atoms with Crippen molar-refractivity contribution in [3.8, 4) is 17.2 Å². The average Bonchev–Trinajstić information content (AvgIpc) is 3.37. The number of benzene rings is 1. The van der Waals surface area contributed by atoms with Crippen molar-refractivity contribution in [1.82, 2.24) is 24.6 Å². The van der Waals surface area contributed by atoms with Gasteiger partial charge in [-0.2, -0.15) is 5.10 Å². The number of nitrogens with zero attached hydrogens (tertiary/aromatic N) is 4.